The Labute approximate surface area is 104 Å². The Morgan fingerprint density at radius 2 is 2.17 bits per heavy atom. The Kier molecular flexibility index (Phi) is 3.78. The van der Waals surface area contributed by atoms with Gasteiger partial charge in [0.1, 0.15) is 25.6 Å². The number of amides is 1. The molecule has 0 saturated heterocycles. The van der Waals surface area contributed by atoms with Crippen molar-refractivity contribution >= 4 is 11.9 Å². The molecular formula is C12H13NO5. The number of carboxylic acid groups (broad SMARTS) is 1. The van der Waals surface area contributed by atoms with Gasteiger partial charge in [-0.3, -0.25) is 4.79 Å². The summed E-state index contributed by atoms with van der Waals surface area (Å²) in [6.07, 6.45) is 0. The summed E-state index contributed by atoms with van der Waals surface area (Å²) in [6.45, 7) is -0.375. The van der Waals surface area contributed by atoms with Crippen molar-refractivity contribution < 1.29 is 24.2 Å². The zero-order valence-corrected chi connectivity index (χ0v) is 9.59. The molecule has 0 spiro atoms. The van der Waals surface area contributed by atoms with Crippen LogP contribution in [0.25, 0.3) is 0 Å². The van der Waals surface area contributed by atoms with Gasteiger partial charge in [0.25, 0.3) is 0 Å². The Morgan fingerprint density at radius 1 is 1.39 bits per heavy atom. The van der Waals surface area contributed by atoms with E-state index in [0.29, 0.717) is 6.61 Å². The molecule has 18 heavy (non-hydrogen) atoms. The SMILES string of the molecule is O=C(O)COCC(=O)NC1COc2ccccc21. The number of aliphatic carboxylic acids is 1. The number of fused-ring (bicyclic) bond motifs is 1. The smallest absolute Gasteiger partial charge is 0.329 e. The van der Waals surface area contributed by atoms with Gasteiger partial charge in [0.15, 0.2) is 0 Å². The van der Waals surface area contributed by atoms with E-state index in [-0.39, 0.29) is 18.6 Å². The Balaban J connectivity index is 1.84. The van der Waals surface area contributed by atoms with Crippen molar-refractivity contribution in [3.8, 4) is 5.75 Å². The van der Waals surface area contributed by atoms with Crippen molar-refractivity contribution in [2.24, 2.45) is 0 Å². The molecule has 1 unspecified atom stereocenters. The van der Waals surface area contributed by atoms with E-state index in [0.717, 1.165) is 11.3 Å². The molecule has 96 valence electrons. The molecule has 1 amide bonds. The minimum Gasteiger partial charge on any atom is -0.491 e. The lowest BCUT2D eigenvalue weighted by Crippen LogP contribution is -2.33. The molecule has 1 aliphatic heterocycles. The van der Waals surface area contributed by atoms with Crippen LogP contribution in [0.15, 0.2) is 24.3 Å². The third-order valence-electron chi connectivity index (χ3n) is 2.49. The van der Waals surface area contributed by atoms with Gasteiger partial charge in [-0.2, -0.15) is 0 Å². The van der Waals surface area contributed by atoms with E-state index < -0.39 is 12.6 Å². The number of para-hydroxylation sites is 1. The van der Waals surface area contributed by atoms with Crippen LogP contribution in [0.4, 0.5) is 0 Å². The van der Waals surface area contributed by atoms with Crippen LogP contribution in [0.3, 0.4) is 0 Å². The highest BCUT2D eigenvalue weighted by Gasteiger charge is 2.24. The first kappa shape index (κ1) is 12.4. The number of carbonyl (C=O) groups excluding carboxylic acids is 1. The normalized spacial score (nSPS) is 16.8. The maximum absolute atomic E-state index is 11.5. The topological polar surface area (TPSA) is 84.9 Å². The van der Waals surface area contributed by atoms with Gasteiger partial charge in [-0.1, -0.05) is 18.2 Å². The largest absolute Gasteiger partial charge is 0.491 e. The van der Waals surface area contributed by atoms with Gasteiger partial charge in [0, 0.05) is 5.56 Å². The number of nitrogens with one attached hydrogen (secondary N) is 1. The molecule has 2 rings (SSSR count). The highest BCUT2D eigenvalue weighted by molar-refractivity contribution is 5.78. The molecule has 1 aromatic carbocycles. The van der Waals surface area contributed by atoms with Crippen molar-refractivity contribution in [3.63, 3.8) is 0 Å². The quantitative estimate of drug-likeness (QED) is 0.788. The van der Waals surface area contributed by atoms with Gasteiger partial charge in [-0.25, -0.2) is 4.79 Å². The van der Waals surface area contributed by atoms with E-state index in [1.165, 1.54) is 0 Å². The molecule has 6 nitrogen and oxygen atoms in total. The summed E-state index contributed by atoms with van der Waals surface area (Å²) in [5, 5.41) is 11.1. The fourth-order valence-corrected chi connectivity index (χ4v) is 1.75. The fourth-order valence-electron chi connectivity index (χ4n) is 1.75. The number of ether oxygens (including phenoxy) is 2. The molecule has 2 N–H and O–H groups in total. The number of carbonyl (C=O) groups is 2. The molecule has 1 heterocycles. The molecule has 1 aliphatic rings. The molecule has 0 fully saturated rings. The van der Waals surface area contributed by atoms with Crippen LogP contribution >= 0.6 is 0 Å². The van der Waals surface area contributed by atoms with Crippen LogP contribution in [-0.4, -0.2) is 36.8 Å². The number of benzene rings is 1. The van der Waals surface area contributed by atoms with E-state index in [9.17, 15) is 9.59 Å². The number of hydrogen-bond donors (Lipinski definition) is 2. The minimum atomic E-state index is -1.10. The van der Waals surface area contributed by atoms with Gasteiger partial charge >= 0.3 is 5.97 Å². The summed E-state index contributed by atoms with van der Waals surface area (Å²) in [5.74, 6) is -0.701. The zero-order chi connectivity index (χ0) is 13.0. The van der Waals surface area contributed by atoms with Gasteiger partial charge in [-0.05, 0) is 6.07 Å². The second-order valence-corrected chi connectivity index (χ2v) is 3.86. The minimum absolute atomic E-state index is 0.206. The number of rotatable bonds is 5. The summed E-state index contributed by atoms with van der Waals surface area (Å²) >= 11 is 0. The highest BCUT2D eigenvalue weighted by atomic mass is 16.5. The second kappa shape index (κ2) is 5.50. The average molecular weight is 251 g/mol. The van der Waals surface area contributed by atoms with Crippen LogP contribution in [0, 0.1) is 0 Å². The van der Waals surface area contributed by atoms with Crippen LogP contribution in [0.2, 0.25) is 0 Å². The number of hydrogen-bond acceptors (Lipinski definition) is 4. The van der Waals surface area contributed by atoms with Crippen molar-refractivity contribution in [3.05, 3.63) is 29.8 Å². The Morgan fingerprint density at radius 3 is 2.94 bits per heavy atom. The van der Waals surface area contributed by atoms with Crippen LogP contribution in [-0.2, 0) is 14.3 Å². The van der Waals surface area contributed by atoms with E-state index >= 15 is 0 Å². The zero-order valence-electron chi connectivity index (χ0n) is 9.59. The van der Waals surface area contributed by atoms with Gasteiger partial charge < -0.3 is 19.9 Å². The summed E-state index contributed by atoms with van der Waals surface area (Å²) in [6, 6.07) is 7.24. The van der Waals surface area contributed by atoms with Crippen molar-refractivity contribution in [1.29, 1.82) is 0 Å². The van der Waals surface area contributed by atoms with Gasteiger partial charge in [-0.15, -0.1) is 0 Å². The molecule has 1 aromatic rings. The molecular weight excluding hydrogens is 238 g/mol. The highest BCUT2D eigenvalue weighted by Crippen LogP contribution is 2.31. The van der Waals surface area contributed by atoms with Crippen molar-refractivity contribution in [1.82, 2.24) is 5.32 Å². The molecule has 0 radical (unpaired) electrons. The molecule has 6 heteroatoms. The second-order valence-electron chi connectivity index (χ2n) is 3.86. The van der Waals surface area contributed by atoms with Gasteiger partial charge in [0.2, 0.25) is 5.91 Å². The van der Waals surface area contributed by atoms with Crippen LogP contribution in [0.5, 0.6) is 5.75 Å². The third-order valence-corrected chi connectivity index (χ3v) is 2.49. The van der Waals surface area contributed by atoms with E-state index in [1.54, 1.807) is 0 Å². The lowest BCUT2D eigenvalue weighted by molar-refractivity contribution is -0.143. The Hall–Kier alpha value is -2.08. The summed E-state index contributed by atoms with van der Waals surface area (Å²) in [7, 11) is 0. The van der Waals surface area contributed by atoms with E-state index in [2.05, 4.69) is 5.32 Å². The predicted molar refractivity (Wildman–Crippen MR) is 61.3 cm³/mol. The lowest BCUT2D eigenvalue weighted by atomic mass is 10.1. The Bertz CT molecular complexity index is 460. The summed E-state index contributed by atoms with van der Waals surface area (Å²) < 4.78 is 10.1. The average Bonchev–Trinajstić information content (AvgIpc) is 2.72. The molecule has 0 aliphatic carbocycles. The first-order chi connectivity index (χ1) is 8.66. The van der Waals surface area contributed by atoms with Crippen LogP contribution < -0.4 is 10.1 Å². The number of carboxylic acids is 1. The van der Waals surface area contributed by atoms with Crippen molar-refractivity contribution in [2.45, 2.75) is 6.04 Å². The molecule has 0 saturated carbocycles. The predicted octanol–water partition coefficient (Wildman–Crippen LogP) is 0.337. The molecule has 1 atom stereocenters. The first-order valence-electron chi connectivity index (χ1n) is 5.47. The summed E-state index contributed by atoms with van der Waals surface area (Å²) in [4.78, 5) is 21.7. The third kappa shape index (κ3) is 2.98. The van der Waals surface area contributed by atoms with Crippen molar-refractivity contribution in [2.75, 3.05) is 19.8 Å². The molecule has 0 bridgehead atoms. The maximum Gasteiger partial charge on any atom is 0.329 e. The fraction of sp³-hybridized carbons (Fsp3) is 0.333. The lowest BCUT2D eigenvalue weighted by Gasteiger charge is -2.11. The monoisotopic (exact) mass is 251 g/mol. The van der Waals surface area contributed by atoms with E-state index in [1.807, 2.05) is 24.3 Å². The van der Waals surface area contributed by atoms with E-state index in [4.69, 9.17) is 14.6 Å². The van der Waals surface area contributed by atoms with Crippen LogP contribution in [0.1, 0.15) is 11.6 Å². The maximum atomic E-state index is 11.5. The summed E-state index contributed by atoms with van der Waals surface area (Å²) in [5.41, 5.74) is 0.920. The first-order valence-corrected chi connectivity index (χ1v) is 5.47. The van der Waals surface area contributed by atoms with Gasteiger partial charge in [0.05, 0.1) is 6.04 Å². The standard InChI is InChI=1S/C12H13NO5/c14-11(6-17-7-12(15)16)13-9-5-18-10-4-2-1-3-8(9)10/h1-4,9H,5-7H2,(H,13,14)(H,15,16). The molecule has 0 aromatic heterocycles.